The quantitative estimate of drug-likeness (QED) is 0.272. The predicted molar refractivity (Wildman–Crippen MR) is 153 cm³/mol. The van der Waals surface area contributed by atoms with Crippen molar-refractivity contribution < 1.29 is 37.8 Å². The fraction of sp³-hybridized carbons (Fsp3) is 0.258. The molecule has 1 heterocycles. The van der Waals surface area contributed by atoms with Gasteiger partial charge in [-0.1, -0.05) is 60.6 Å². The molecule has 0 aliphatic carbocycles. The standard InChI is InChI=1S/C31H29ClF3N3O5/c1-17-20(10-6-13-25(17)39)28(41)37-24(14-19-8-4-3-5-9-19)27(40)30(43)38-16-31(34,35)18(2)26(38)29(42)36-15-21-22(32)11-7-12-23(21)33/h3-13,24,26-27,39-40H,2,14-16H2,1H3,(H,36,42)(H,37,41)/t24-,26-,27-/m0/s1. The molecule has 12 heteroatoms. The van der Waals surface area contributed by atoms with Crippen LogP contribution >= 0.6 is 11.6 Å². The number of carbonyl (C=O) groups is 3. The summed E-state index contributed by atoms with van der Waals surface area (Å²) in [4.78, 5) is 40.4. The van der Waals surface area contributed by atoms with Crippen molar-refractivity contribution in [1.82, 2.24) is 15.5 Å². The van der Waals surface area contributed by atoms with Gasteiger partial charge in [0.1, 0.15) is 17.6 Å². The lowest BCUT2D eigenvalue weighted by molar-refractivity contribution is -0.146. The largest absolute Gasteiger partial charge is 0.508 e. The Balaban J connectivity index is 1.60. The van der Waals surface area contributed by atoms with E-state index in [0.29, 0.717) is 10.5 Å². The zero-order valence-corrected chi connectivity index (χ0v) is 23.7. The van der Waals surface area contributed by atoms with E-state index in [1.54, 1.807) is 30.3 Å². The molecule has 3 aromatic carbocycles. The molecule has 0 radical (unpaired) electrons. The first kappa shape index (κ1) is 31.6. The third-order valence-electron chi connectivity index (χ3n) is 7.31. The molecular weight excluding hydrogens is 587 g/mol. The van der Waals surface area contributed by atoms with Gasteiger partial charge >= 0.3 is 0 Å². The van der Waals surface area contributed by atoms with Crippen molar-refractivity contribution in [2.75, 3.05) is 6.54 Å². The van der Waals surface area contributed by atoms with Crippen LogP contribution < -0.4 is 10.6 Å². The molecule has 3 atom stereocenters. The molecule has 3 amide bonds. The van der Waals surface area contributed by atoms with Crippen LogP contribution in [0.3, 0.4) is 0 Å². The van der Waals surface area contributed by atoms with Crippen molar-refractivity contribution in [1.29, 1.82) is 0 Å². The fourth-order valence-corrected chi connectivity index (χ4v) is 5.07. The van der Waals surface area contributed by atoms with Crippen molar-refractivity contribution in [3.63, 3.8) is 0 Å². The van der Waals surface area contributed by atoms with Crippen molar-refractivity contribution in [2.24, 2.45) is 0 Å². The van der Waals surface area contributed by atoms with E-state index in [9.17, 15) is 37.8 Å². The Morgan fingerprint density at radius 2 is 1.77 bits per heavy atom. The van der Waals surface area contributed by atoms with Crippen LogP contribution in [-0.2, 0) is 22.6 Å². The Kier molecular flexibility index (Phi) is 9.46. The number of aliphatic hydroxyl groups excluding tert-OH is 1. The smallest absolute Gasteiger partial charge is 0.288 e. The number of carbonyl (C=O) groups excluding carboxylic acids is 3. The Bertz CT molecular complexity index is 1530. The Morgan fingerprint density at radius 1 is 1.09 bits per heavy atom. The molecule has 43 heavy (non-hydrogen) atoms. The van der Waals surface area contributed by atoms with Crippen molar-refractivity contribution in [2.45, 2.75) is 44.0 Å². The van der Waals surface area contributed by atoms with Crippen molar-refractivity contribution in [3.05, 3.63) is 112 Å². The van der Waals surface area contributed by atoms with Gasteiger partial charge < -0.3 is 25.7 Å². The van der Waals surface area contributed by atoms with E-state index in [-0.39, 0.29) is 33.9 Å². The minimum absolute atomic E-state index is 0.000648. The number of alkyl halides is 2. The maximum Gasteiger partial charge on any atom is 0.288 e. The van der Waals surface area contributed by atoms with Crippen molar-refractivity contribution >= 4 is 29.3 Å². The number of amides is 3. The maximum absolute atomic E-state index is 14.8. The Labute approximate surface area is 250 Å². The zero-order valence-electron chi connectivity index (χ0n) is 23.0. The molecule has 0 unspecified atom stereocenters. The van der Waals surface area contributed by atoms with Gasteiger partial charge in [0.15, 0.2) is 6.10 Å². The number of hydrogen-bond donors (Lipinski definition) is 4. The topological polar surface area (TPSA) is 119 Å². The van der Waals surface area contributed by atoms with E-state index in [0.717, 1.165) is 6.07 Å². The number of nitrogens with zero attached hydrogens (tertiary/aromatic N) is 1. The summed E-state index contributed by atoms with van der Waals surface area (Å²) in [6, 6.07) is 13.4. The second kappa shape index (κ2) is 12.9. The van der Waals surface area contributed by atoms with Gasteiger partial charge in [-0.2, -0.15) is 8.78 Å². The molecule has 4 rings (SSSR count). The van der Waals surface area contributed by atoms with Gasteiger partial charge in [0, 0.05) is 33.8 Å². The number of likely N-dealkylation sites (tertiary alicyclic amines) is 1. The van der Waals surface area contributed by atoms with Gasteiger partial charge in [-0.05, 0) is 43.2 Å². The normalized spacial score (nSPS) is 17.3. The van der Waals surface area contributed by atoms with E-state index in [1.807, 2.05) is 0 Å². The van der Waals surface area contributed by atoms with E-state index in [4.69, 9.17) is 11.6 Å². The number of hydrogen-bond acceptors (Lipinski definition) is 5. The second-order valence-corrected chi connectivity index (χ2v) is 10.6. The minimum atomic E-state index is -3.68. The molecule has 0 saturated carbocycles. The molecule has 1 aliphatic heterocycles. The van der Waals surface area contributed by atoms with Crippen LogP contribution in [-0.4, -0.2) is 63.5 Å². The van der Waals surface area contributed by atoms with Crippen LogP contribution in [0.4, 0.5) is 13.2 Å². The number of aliphatic hydroxyl groups is 1. The van der Waals surface area contributed by atoms with Crippen LogP contribution in [0.15, 0.2) is 78.9 Å². The number of nitrogens with one attached hydrogen (secondary N) is 2. The summed E-state index contributed by atoms with van der Waals surface area (Å²) in [5.74, 6) is -7.62. The van der Waals surface area contributed by atoms with Gasteiger partial charge in [-0.25, -0.2) is 4.39 Å². The van der Waals surface area contributed by atoms with Gasteiger partial charge in [0.05, 0.1) is 12.6 Å². The summed E-state index contributed by atoms with van der Waals surface area (Å²) in [6.45, 7) is 3.13. The lowest BCUT2D eigenvalue weighted by atomic mass is 9.98. The van der Waals surface area contributed by atoms with Gasteiger partial charge in [-0.15, -0.1) is 0 Å². The van der Waals surface area contributed by atoms with Crippen LogP contribution in [0.2, 0.25) is 5.02 Å². The molecule has 0 bridgehead atoms. The maximum atomic E-state index is 14.8. The number of rotatable bonds is 9. The van der Waals surface area contributed by atoms with E-state index < -0.39 is 66.3 Å². The minimum Gasteiger partial charge on any atom is -0.508 e. The van der Waals surface area contributed by atoms with Crippen LogP contribution in [0, 0.1) is 12.7 Å². The number of phenolic OH excluding ortho intramolecular Hbond substituents is 1. The zero-order chi connectivity index (χ0) is 31.5. The molecule has 3 aromatic rings. The molecule has 226 valence electrons. The van der Waals surface area contributed by atoms with E-state index in [1.165, 1.54) is 37.3 Å². The molecule has 4 N–H and O–H groups in total. The summed E-state index contributed by atoms with van der Waals surface area (Å²) in [5.41, 5.74) is -0.0355. The Hall–Kier alpha value is -4.35. The summed E-state index contributed by atoms with van der Waals surface area (Å²) in [5, 5.41) is 26.2. The van der Waals surface area contributed by atoms with Gasteiger partial charge in [-0.3, -0.25) is 14.4 Å². The number of halogens is 4. The first-order valence-corrected chi connectivity index (χ1v) is 13.6. The summed E-state index contributed by atoms with van der Waals surface area (Å²) in [7, 11) is 0. The molecule has 8 nitrogen and oxygen atoms in total. The van der Waals surface area contributed by atoms with E-state index in [2.05, 4.69) is 17.2 Å². The second-order valence-electron chi connectivity index (χ2n) is 10.2. The molecule has 1 aliphatic rings. The highest BCUT2D eigenvalue weighted by Gasteiger charge is 2.54. The summed E-state index contributed by atoms with van der Waals surface area (Å²) >= 11 is 6.00. The summed E-state index contributed by atoms with van der Waals surface area (Å²) in [6.07, 6.45) is -2.15. The SMILES string of the molecule is C=C1[C@@H](C(=O)NCc2c(F)cccc2Cl)N(C(=O)[C@@H](O)[C@H](Cc2ccccc2)NC(=O)c2cccc(O)c2C)CC1(F)F. The molecular formula is C31H29ClF3N3O5. The Morgan fingerprint density at radius 3 is 2.44 bits per heavy atom. The fourth-order valence-electron chi connectivity index (χ4n) is 4.84. The first-order valence-electron chi connectivity index (χ1n) is 13.2. The third kappa shape index (κ3) is 6.84. The molecule has 0 aromatic heterocycles. The highest BCUT2D eigenvalue weighted by molar-refractivity contribution is 6.31. The van der Waals surface area contributed by atoms with Gasteiger partial charge in [0.25, 0.3) is 17.7 Å². The molecule has 1 saturated heterocycles. The van der Waals surface area contributed by atoms with Crippen LogP contribution in [0.5, 0.6) is 5.75 Å². The van der Waals surface area contributed by atoms with Crippen molar-refractivity contribution in [3.8, 4) is 5.75 Å². The highest BCUT2D eigenvalue weighted by Crippen LogP contribution is 2.37. The third-order valence-corrected chi connectivity index (χ3v) is 7.67. The average Bonchev–Trinajstić information content (AvgIpc) is 3.21. The highest BCUT2D eigenvalue weighted by atomic mass is 35.5. The van der Waals surface area contributed by atoms with Gasteiger partial charge in [0.2, 0.25) is 5.91 Å². The number of aromatic hydroxyl groups is 1. The lowest BCUT2D eigenvalue weighted by Crippen LogP contribution is -2.56. The van der Waals surface area contributed by atoms with E-state index >= 15 is 0 Å². The monoisotopic (exact) mass is 615 g/mol. The predicted octanol–water partition coefficient (Wildman–Crippen LogP) is 3.91. The van der Waals surface area contributed by atoms with Crippen LogP contribution in [0.1, 0.15) is 27.0 Å². The molecule has 1 fully saturated rings. The number of benzene rings is 3. The number of phenols is 1. The summed E-state index contributed by atoms with van der Waals surface area (Å²) < 4.78 is 43.9. The average molecular weight is 616 g/mol. The molecule has 0 spiro atoms. The first-order chi connectivity index (χ1) is 20.3. The van der Waals surface area contributed by atoms with Crippen LogP contribution in [0.25, 0.3) is 0 Å². The lowest BCUT2D eigenvalue weighted by Gasteiger charge is -2.30.